The van der Waals surface area contributed by atoms with Crippen molar-refractivity contribution in [1.29, 1.82) is 0 Å². The number of hydrogen-bond donors (Lipinski definition) is 0. The van der Waals surface area contributed by atoms with E-state index in [9.17, 15) is 22.4 Å². The largest absolute Gasteiger partial charge is 0.329 e. The fourth-order valence-corrected chi connectivity index (χ4v) is 3.74. The molecule has 3 heterocycles. The van der Waals surface area contributed by atoms with Gasteiger partial charge in [-0.15, -0.1) is 0 Å². The van der Waals surface area contributed by atoms with E-state index in [0.29, 0.717) is 36.7 Å². The highest BCUT2D eigenvalue weighted by Crippen LogP contribution is 2.42. The van der Waals surface area contributed by atoms with Crippen LogP contribution >= 0.6 is 0 Å². The van der Waals surface area contributed by atoms with Gasteiger partial charge in [-0.1, -0.05) is 0 Å². The quantitative estimate of drug-likeness (QED) is 0.761. The van der Waals surface area contributed by atoms with Gasteiger partial charge in [0.15, 0.2) is 0 Å². The van der Waals surface area contributed by atoms with Crippen molar-refractivity contribution >= 4 is 6.03 Å². The lowest BCUT2D eigenvalue weighted by atomic mass is 10.0. The highest BCUT2D eigenvalue weighted by atomic mass is 19.3. The zero-order chi connectivity index (χ0) is 17.8. The molecular weight excluding hydrogens is 340 g/mol. The number of amides is 2. The molecule has 3 aliphatic rings. The van der Waals surface area contributed by atoms with Crippen LogP contribution in [0.4, 0.5) is 22.4 Å². The first-order valence-corrected chi connectivity index (χ1v) is 8.61. The van der Waals surface area contributed by atoms with Crippen LogP contribution in [-0.2, 0) is 0 Å². The van der Waals surface area contributed by atoms with Crippen LogP contribution in [0, 0.1) is 0 Å². The highest BCUT2D eigenvalue weighted by molar-refractivity contribution is 5.75. The SMILES string of the molecule is O=C(N1CCC(n2nccc2C2CC2)CC1)N1CC(F)(F)C(F)(F)C1. The second kappa shape index (κ2) is 5.60. The average Bonchev–Trinajstić information content (AvgIpc) is 3.24. The average molecular weight is 360 g/mol. The molecule has 0 N–H and O–H groups in total. The van der Waals surface area contributed by atoms with Gasteiger partial charge in [-0.3, -0.25) is 4.68 Å². The van der Waals surface area contributed by atoms with Crippen LogP contribution in [-0.4, -0.2) is 63.6 Å². The zero-order valence-electron chi connectivity index (χ0n) is 13.7. The lowest BCUT2D eigenvalue weighted by molar-refractivity contribution is -0.172. The maximum Gasteiger partial charge on any atom is 0.329 e. The maximum absolute atomic E-state index is 13.3. The number of likely N-dealkylation sites (tertiary alicyclic amines) is 2. The first kappa shape index (κ1) is 16.7. The number of carbonyl (C=O) groups is 1. The molecule has 138 valence electrons. The van der Waals surface area contributed by atoms with Gasteiger partial charge in [-0.25, -0.2) is 4.79 Å². The summed E-state index contributed by atoms with van der Waals surface area (Å²) in [6, 6.07) is 1.46. The third-order valence-electron chi connectivity index (χ3n) is 5.36. The second-order valence-electron chi connectivity index (χ2n) is 7.24. The van der Waals surface area contributed by atoms with Crippen LogP contribution in [0.3, 0.4) is 0 Å². The number of alkyl halides is 4. The number of rotatable bonds is 2. The number of nitrogens with zero attached hydrogens (tertiary/aromatic N) is 4. The third kappa shape index (κ3) is 2.87. The van der Waals surface area contributed by atoms with E-state index in [2.05, 4.69) is 5.10 Å². The Labute approximate surface area is 142 Å². The minimum Gasteiger partial charge on any atom is -0.324 e. The topological polar surface area (TPSA) is 41.4 Å². The van der Waals surface area contributed by atoms with Gasteiger partial charge in [-0.2, -0.15) is 22.7 Å². The summed E-state index contributed by atoms with van der Waals surface area (Å²) in [6.07, 6.45) is 5.40. The van der Waals surface area contributed by atoms with E-state index in [4.69, 9.17) is 0 Å². The number of hydrogen-bond acceptors (Lipinski definition) is 2. The van der Waals surface area contributed by atoms with Crippen LogP contribution in [0.25, 0.3) is 0 Å². The molecule has 1 saturated carbocycles. The molecule has 0 spiro atoms. The molecule has 0 unspecified atom stereocenters. The van der Waals surface area contributed by atoms with Crippen molar-refractivity contribution in [3.05, 3.63) is 18.0 Å². The molecule has 0 aromatic carbocycles. The minimum absolute atomic E-state index is 0.163. The Morgan fingerprint density at radius 1 is 1.00 bits per heavy atom. The summed E-state index contributed by atoms with van der Waals surface area (Å²) >= 11 is 0. The lowest BCUT2D eigenvalue weighted by Gasteiger charge is -2.35. The van der Waals surface area contributed by atoms with Gasteiger partial charge in [0.1, 0.15) is 0 Å². The summed E-state index contributed by atoms with van der Waals surface area (Å²) in [6.45, 7) is -1.71. The molecule has 1 aromatic rings. The van der Waals surface area contributed by atoms with E-state index in [1.807, 2.05) is 10.7 Å². The molecule has 1 aromatic heterocycles. The van der Waals surface area contributed by atoms with Gasteiger partial charge in [-0.05, 0) is 31.7 Å². The molecule has 2 aliphatic heterocycles. The fraction of sp³-hybridized carbons (Fsp3) is 0.750. The summed E-state index contributed by atoms with van der Waals surface area (Å²) in [5, 5.41) is 4.39. The number of halogens is 4. The van der Waals surface area contributed by atoms with E-state index < -0.39 is 31.0 Å². The molecule has 2 amide bonds. The van der Waals surface area contributed by atoms with Crippen molar-refractivity contribution in [2.75, 3.05) is 26.2 Å². The van der Waals surface area contributed by atoms with Crippen molar-refractivity contribution in [1.82, 2.24) is 19.6 Å². The normalized spacial score (nSPS) is 26.2. The van der Waals surface area contributed by atoms with Gasteiger partial charge in [0.05, 0.1) is 19.1 Å². The Bertz CT molecular complexity index is 649. The minimum atomic E-state index is -4.16. The lowest BCUT2D eigenvalue weighted by Crippen LogP contribution is -2.47. The first-order chi connectivity index (χ1) is 11.8. The second-order valence-corrected chi connectivity index (χ2v) is 7.24. The van der Waals surface area contributed by atoms with Crippen molar-refractivity contribution in [3.8, 4) is 0 Å². The number of carbonyl (C=O) groups excluding carboxylic acids is 1. The van der Waals surface area contributed by atoms with Gasteiger partial charge < -0.3 is 9.80 Å². The van der Waals surface area contributed by atoms with E-state index in [-0.39, 0.29) is 6.04 Å². The number of urea groups is 1. The smallest absolute Gasteiger partial charge is 0.324 e. The van der Waals surface area contributed by atoms with Crippen molar-refractivity contribution in [2.45, 2.75) is 49.5 Å². The van der Waals surface area contributed by atoms with Crippen LogP contribution in [0.1, 0.15) is 43.3 Å². The summed E-state index contributed by atoms with van der Waals surface area (Å²) in [7, 11) is 0. The Balaban J connectivity index is 1.37. The van der Waals surface area contributed by atoms with Gasteiger partial charge >= 0.3 is 17.9 Å². The summed E-state index contributed by atoms with van der Waals surface area (Å²) < 4.78 is 55.2. The molecule has 4 rings (SSSR count). The molecule has 25 heavy (non-hydrogen) atoms. The zero-order valence-corrected chi connectivity index (χ0v) is 13.7. The standard InChI is InChI=1S/C16H20F4N4O/c17-15(18)9-23(10-16(15,19)20)14(25)22-7-4-12(5-8-22)24-13(3-6-21-24)11-1-2-11/h3,6,11-12H,1-2,4-5,7-10H2. The van der Waals surface area contributed by atoms with Gasteiger partial charge in [0, 0.05) is 30.9 Å². The summed E-state index contributed by atoms with van der Waals surface area (Å²) in [5.41, 5.74) is 1.21. The van der Waals surface area contributed by atoms with Crippen LogP contribution in [0.2, 0.25) is 0 Å². The van der Waals surface area contributed by atoms with E-state index in [0.717, 1.165) is 0 Å². The molecule has 9 heteroatoms. The van der Waals surface area contributed by atoms with Crippen LogP contribution in [0.5, 0.6) is 0 Å². The van der Waals surface area contributed by atoms with Crippen molar-refractivity contribution in [2.24, 2.45) is 0 Å². The molecule has 5 nitrogen and oxygen atoms in total. The molecule has 3 fully saturated rings. The first-order valence-electron chi connectivity index (χ1n) is 8.61. The maximum atomic E-state index is 13.3. The predicted octanol–water partition coefficient (Wildman–Crippen LogP) is 3.10. The summed E-state index contributed by atoms with van der Waals surface area (Å²) in [5.74, 6) is -7.75. The van der Waals surface area contributed by atoms with Crippen LogP contribution < -0.4 is 0 Å². The van der Waals surface area contributed by atoms with Gasteiger partial charge in [0.25, 0.3) is 0 Å². The molecule has 0 bridgehead atoms. The monoisotopic (exact) mass is 360 g/mol. The molecular formula is C16H20F4N4O. The van der Waals surface area contributed by atoms with E-state index >= 15 is 0 Å². The van der Waals surface area contributed by atoms with Crippen LogP contribution in [0.15, 0.2) is 12.3 Å². The number of aromatic nitrogens is 2. The third-order valence-corrected chi connectivity index (χ3v) is 5.36. The Morgan fingerprint density at radius 3 is 2.16 bits per heavy atom. The number of piperidine rings is 1. The molecule has 0 atom stereocenters. The molecule has 1 aliphatic carbocycles. The predicted molar refractivity (Wildman–Crippen MR) is 80.9 cm³/mol. The van der Waals surface area contributed by atoms with Crippen molar-refractivity contribution in [3.63, 3.8) is 0 Å². The van der Waals surface area contributed by atoms with E-state index in [1.54, 1.807) is 6.20 Å². The fourth-order valence-electron chi connectivity index (χ4n) is 3.74. The Morgan fingerprint density at radius 2 is 1.60 bits per heavy atom. The summed E-state index contributed by atoms with van der Waals surface area (Å²) in [4.78, 5) is 14.3. The molecule has 0 radical (unpaired) electrons. The Hall–Kier alpha value is -1.80. The molecule has 2 saturated heterocycles. The Kier molecular flexibility index (Phi) is 3.73. The van der Waals surface area contributed by atoms with Gasteiger partial charge in [0.2, 0.25) is 0 Å². The highest BCUT2D eigenvalue weighted by Gasteiger charge is 2.64. The van der Waals surface area contributed by atoms with E-state index in [1.165, 1.54) is 23.4 Å². The van der Waals surface area contributed by atoms with Crippen molar-refractivity contribution < 1.29 is 22.4 Å².